The first kappa shape index (κ1) is 22.7. The highest BCUT2D eigenvalue weighted by Crippen LogP contribution is 2.27. The highest BCUT2D eigenvalue weighted by Gasteiger charge is 2.17. The molecule has 0 radical (unpaired) electrons. The number of amides is 1. The number of ether oxygens (including phenoxy) is 1. The van der Waals surface area contributed by atoms with E-state index in [1.54, 1.807) is 31.2 Å². The van der Waals surface area contributed by atoms with Crippen LogP contribution in [0.5, 0.6) is 5.75 Å². The molecule has 0 atom stereocenters. The number of hydrogen-bond donors (Lipinski definition) is 2. The van der Waals surface area contributed by atoms with Crippen LogP contribution >= 0.6 is 11.3 Å². The molecule has 31 heavy (non-hydrogen) atoms. The second kappa shape index (κ2) is 9.90. The lowest BCUT2D eigenvalue weighted by molar-refractivity contribution is -0.114. The minimum atomic E-state index is -3.69. The largest absolute Gasteiger partial charge is 0.494 e. The van der Waals surface area contributed by atoms with Gasteiger partial charge in [-0.3, -0.25) is 4.79 Å². The Morgan fingerprint density at radius 2 is 2.00 bits per heavy atom. The number of nitrogens with one attached hydrogen (secondary N) is 2. The van der Waals surface area contributed by atoms with Crippen molar-refractivity contribution in [2.45, 2.75) is 31.5 Å². The molecule has 3 aromatic rings. The Morgan fingerprint density at radius 1 is 1.23 bits per heavy atom. The number of benzene rings is 1. The van der Waals surface area contributed by atoms with Crippen LogP contribution in [0, 0.1) is 6.92 Å². The number of carbonyl (C=O) groups excluding carboxylic acids is 1. The van der Waals surface area contributed by atoms with E-state index in [9.17, 15) is 13.2 Å². The molecule has 0 saturated carbocycles. The van der Waals surface area contributed by atoms with E-state index < -0.39 is 10.0 Å². The number of aromatic nitrogens is 1. The first-order valence-electron chi connectivity index (χ1n) is 9.52. The third-order valence-electron chi connectivity index (χ3n) is 4.18. The summed E-state index contributed by atoms with van der Waals surface area (Å²) in [6.07, 6.45) is 3.35. The minimum Gasteiger partial charge on any atom is -0.494 e. The molecule has 2 N–H and O–H groups in total. The van der Waals surface area contributed by atoms with Crippen LogP contribution in [0.15, 0.2) is 45.1 Å². The lowest BCUT2D eigenvalue weighted by Crippen LogP contribution is -2.22. The summed E-state index contributed by atoms with van der Waals surface area (Å²) in [5.41, 5.74) is 1.81. The molecule has 0 bridgehead atoms. The topological polar surface area (TPSA) is 111 Å². The van der Waals surface area contributed by atoms with Crippen molar-refractivity contribution in [2.24, 2.45) is 0 Å². The van der Waals surface area contributed by atoms with Gasteiger partial charge in [-0.15, -0.1) is 11.3 Å². The number of rotatable bonds is 9. The van der Waals surface area contributed by atoms with E-state index in [1.165, 1.54) is 6.92 Å². The number of para-hydroxylation sites is 1. The van der Waals surface area contributed by atoms with E-state index >= 15 is 0 Å². The van der Waals surface area contributed by atoms with Gasteiger partial charge in [-0.05, 0) is 44.2 Å². The average molecular weight is 462 g/mol. The van der Waals surface area contributed by atoms with Gasteiger partial charge in [-0.2, -0.15) is 0 Å². The Morgan fingerprint density at radius 3 is 2.74 bits per heavy atom. The van der Waals surface area contributed by atoms with Crippen LogP contribution < -0.4 is 14.8 Å². The third-order valence-corrected chi connectivity index (χ3v) is 7.12. The van der Waals surface area contributed by atoms with Crippen molar-refractivity contribution in [1.82, 2.24) is 9.88 Å². The second-order valence-electron chi connectivity index (χ2n) is 6.54. The van der Waals surface area contributed by atoms with E-state index in [4.69, 9.17) is 9.26 Å². The predicted octanol–water partition coefficient (Wildman–Crippen LogP) is 4.05. The van der Waals surface area contributed by atoms with Gasteiger partial charge < -0.3 is 14.6 Å². The summed E-state index contributed by atoms with van der Waals surface area (Å²) in [6.45, 7) is 5.62. The Balaban J connectivity index is 1.72. The summed E-state index contributed by atoms with van der Waals surface area (Å²) in [7, 11) is -3.69. The van der Waals surface area contributed by atoms with Crippen LogP contribution in [0.25, 0.3) is 12.2 Å². The Kier molecular flexibility index (Phi) is 7.26. The number of hydrogen-bond acceptors (Lipinski definition) is 7. The molecular weight excluding hydrogens is 438 g/mol. The summed E-state index contributed by atoms with van der Waals surface area (Å²) in [5, 5.41) is 6.52. The average Bonchev–Trinajstić information content (AvgIpc) is 3.34. The molecule has 2 aromatic heterocycles. The quantitative estimate of drug-likeness (QED) is 0.497. The summed E-state index contributed by atoms with van der Waals surface area (Å²) in [5.74, 6) is 0.804. The molecule has 3 rings (SSSR count). The zero-order chi connectivity index (χ0) is 22.4. The highest BCUT2D eigenvalue weighted by molar-refractivity contribution is 7.91. The summed E-state index contributed by atoms with van der Waals surface area (Å²) in [4.78, 5) is 12.0. The number of carbonyl (C=O) groups is 1. The van der Waals surface area contributed by atoms with Crippen molar-refractivity contribution in [3.8, 4) is 5.75 Å². The summed E-state index contributed by atoms with van der Waals surface area (Å²) >= 11 is 1.12. The molecule has 0 aliphatic heterocycles. The molecule has 2 heterocycles. The minimum absolute atomic E-state index is 0.124. The molecule has 0 unspecified atom stereocenters. The van der Waals surface area contributed by atoms with Crippen LogP contribution in [0.2, 0.25) is 0 Å². The molecule has 1 aromatic carbocycles. The van der Waals surface area contributed by atoms with Gasteiger partial charge in [0.2, 0.25) is 15.9 Å². The Bertz CT molecular complexity index is 1200. The van der Waals surface area contributed by atoms with Crippen LogP contribution in [0.3, 0.4) is 0 Å². The zero-order valence-corrected chi connectivity index (χ0v) is 19.0. The molecule has 8 nitrogen and oxygen atoms in total. The van der Waals surface area contributed by atoms with Gasteiger partial charge in [0, 0.05) is 23.9 Å². The standard InChI is InChI=1S/C21H23N3O5S2/c1-4-28-18-8-6-5-7-16(18)13-22-31(26,27)20-12-10-17(30-20)9-11-19-21(23-15(3)25)14(2)24-29-19/h5-12,22H,4,13H2,1-3H3,(H,23,25)/b11-9+. The van der Waals surface area contributed by atoms with Crippen molar-refractivity contribution < 1.29 is 22.5 Å². The molecule has 0 aliphatic carbocycles. The normalized spacial score (nSPS) is 11.7. The van der Waals surface area contributed by atoms with E-state index in [2.05, 4.69) is 15.2 Å². The summed E-state index contributed by atoms with van der Waals surface area (Å²) in [6, 6.07) is 10.5. The van der Waals surface area contributed by atoms with Gasteiger partial charge in [0.05, 0.1) is 6.61 Å². The van der Waals surface area contributed by atoms with Gasteiger partial charge in [0.1, 0.15) is 21.3 Å². The molecule has 0 saturated heterocycles. The van der Waals surface area contributed by atoms with Gasteiger partial charge in [-0.1, -0.05) is 23.4 Å². The first-order chi connectivity index (χ1) is 14.8. The number of anilines is 1. The Hall–Kier alpha value is -2.95. The van der Waals surface area contributed by atoms with Crippen molar-refractivity contribution in [1.29, 1.82) is 0 Å². The molecular formula is C21H23N3O5S2. The molecule has 0 spiro atoms. The third kappa shape index (κ3) is 5.81. The van der Waals surface area contributed by atoms with Gasteiger partial charge in [-0.25, -0.2) is 13.1 Å². The van der Waals surface area contributed by atoms with Gasteiger partial charge in [0.15, 0.2) is 5.76 Å². The first-order valence-corrected chi connectivity index (χ1v) is 11.8. The molecule has 1 amide bonds. The Labute approximate surface area is 185 Å². The fraction of sp³-hybridized carbons (Fsp3) is 0.238. The van der Waals surface area contributed by atoms with Crippen molar-refractivity contribution >= 4 is 45.1 Å². The fourth-order valence-electron chi connectivity index (χ4n) is 2.75. The van der Waals surface area contributed by atoms with Gasteiger partial charge >= 0.3 is 0 Å². The van der Waals surface area contributed by atoms with E-state index in [-0.39, 0.29) is 16.7 Å². The number of aryl methyl sites for hydroxylation is 1. The van der Waals surface area contributed by atoms with Crippen LogP contribution in [-0.4, -0.2) is 26.1 Å². The van der Waals surface area contributed by atoms with Crippen molar-refractivity contribution in [3.05, 3.63) is 58.3 Å². The molecule has 164 valence electrons. The van der Waals surface area contributed by atoms with Crippen LogP contribution in [-0.2, 0) is 21.4 Å². The van der Waals surface area contributed by atoms with Gasteiger partial charge in [0.25, 0.3) is 0 Å². The zero-order valence-electron chi connectivity index (χ0n) is 17.3. The van der Waals surface area contributed by atoms with E-state index in [1.807, 2.05) is 31.2 Å². The predicted molar refractivity (Wildman–Crippen MR) is 120 cm³/mol. The maximum atomic E-state index is 12.7. The monoisotopic (exact) mass is 461 g/mol. The summed E-state index contributed by atoms with van der Waals surface area (Å²) < 4.78 is 39.0. The SMILES string of the molecule is CCOc1ccccc1CNS(=O)(=O)c1ccc(/C=C/c2onc(C)c2NC(C)=O)s1. The number of thiophene rings is 1. The molecule has 10 heteroatoms. The van der Waals surface area contributed by atoms with Crippen molar-refractivity contribution in [3.63, 3.8) is 0 Å². The van der Waals surface area contributed by atoms with Crippen molar-refractivity contribution in [2.75, 3.05) is 11.9 Å². The fourth-order valence-corrected chi connectivity index (χ4v) is 5.03. The lowest BCUT2D eigenvalue weighted by Gasteiger charge is -2.10. The van der Waals surface area contributed by atoms with Crippen LogP contribution in [0.4, 0.5) is 5.69 Å². The highest BCUT2D eigenvalue weighted by atomic mass is 32.2. The maximum absolute atomic E-state index is 12.7. The van der Waals surface area contributed by atoms with Crippen LogP contribution in [0.1, 0.15) is 35.7 Å². The molecule has 0 fully saturated rings. The number of nitrogens with zero attached hydrogens (tertiary/aromatic N) is 1. The second-order valence-corrected chi connectivity index (χ2v) is 9.65. The number of sulfonamides is 1. The maximum Gasteiger partial charge on any atom is 0.250 e. The smallest absolute Gasteiger partial charge is 0.250 e. The lowest BCUT2D eigenvalue weighted by atomic mass is 10.2. The molecule has 0 aliphatic rings. The van der Waals surface area contributed by atoms with E-state index in [0.717, 1.165) is 16.9 Å². The van der Waals surface area contributed by atoms with E-state index in [0.29, 0.717) is 34.4 Å².